The number of ketones is 1. The molecule has 0 aliphatic heterocycles. The second-order valence-corrected chi connectivity index (χ2v) is 15.9. The van der Waals surface area contributed by atoms with Crippen LogP contribution in [0.1, 0.15) is 162 Å². The molecule has 0 aliphatic rings. The van der Waals surface area contributed by atoms with Crippen LogP contribution >= 0.6 is 0 Å². The summed E-state index contributed by atoms with van der Waals surface area (Å²) >= 11 is 0. The Morgan fingerprint density at radius 3 is 1.49 bits per heavy atom. The van der Waals surface area contributed by atoms with Crippen molar-refractivity contribution in [2.75, 3.05) is 72.5 Å². The van der Waals surface area contributed by atoms with Gasteiger partial charge in [-0.2, -0.15) is 0 Å². The molecule has 2 N–H and O–H groups in total. The molecule has 0 radical (unpaired) electrons. The third-order valence-electron chi connectivity index (χ3n) is 9.75. The fourth-order valence-corrected chi connectivity index (χ4v) is 6.01. The molecule has 0 bridgehead atoms. The van der Waals surface area contributed by atoms with Crippen molar-refractivity contribution in [2.45, 2.75) is 162 Å². The van der Waals surface area contributed by atoms with E-state index in [1.165, 1.54) is 24.0 Å². The Kier molecular flexibility index (Phi) is 48.8. The van der Waals surface area contributed by atoms with Crippen molar-refractivity contribution in [1.29, 1.82) is 0 Å². The third-order valence-corrected chi connectivity index (χ3v) is 9.75. The van der Waals surface area contributed by atoms with E-state index < -0.39 is 0 Å². The summed E-state index contributed by atoms with van der Waals surface area (Å²) < 4.78 is 0. The minimum atomic E-state index is 0.0676. The number of carbonyl (C=O) groups excluding carboxylic acids is 3. The van der Waals surface area contributed by atoms with E-state index >= 15 is 0 Å². The van der Waals surface area contributed by atoms with Crippen molar-refractivity contribution in [3.63, 3.8) is 0 Å². The monoisotopic (exact) mass is 844 g/mol. The number of Topliss-reactive ketones (excluding diaryl/α,β-unsaturated/α-hetero) is 1. The average molecular weight is 844 g/mol. The van der Waals surface area contributed by atoms with Gasteiger partial charge in [0.15, 0.2) is 0 Å². The Balaban J connectivity index is -0.00000221. The standard InChI is InChI=1S/C40H69N5O3.C7H10.C6H10/c1-8-11-13-19-37(6)24-34-45(35-25-38(46)20-14-12-9-2)32-16-22-40(48)42-27-18-30-43(7)29-17-26-41-39(47)21-15-31-44(28-10-3)33-23-36(4)5;1-3-5-7-6-4-2;1-3-5-6-4-2/h1-2H,4,6,10-35H2,3,5,7H3,(H,41,47)(H,42,48);1,4H,2,5-7H2;1H,4-6H2,2H3. The number of allylic oxidation sites excluding steroid dienone is 1. The highest BCUT2D eigenvalue weighted by Crippen LogP contribution is 2.12. The van der Waals surface area contributed by atoms with Crippen LogP contribution in [0.3, 0.4) is 0 Å². The molecule has 0 saturated heterocycles. The van der Waals surface area contributed by atoms with Crippen LogP contribution in [0.15, 0.2) is 37.0 Å². The molecule has 0 aromatic carbocycles. The molecule has 0 unspecified atom stereocenters. The maximum Gasteiger partial charge on any atom is 0.220 e. The van der Waals surface area contributed by atoms with Crippen LogP contribution in [-0.2, 0) is 14.4 Å². The molecule has 0 rings (SSSR count). The van der Waals surface area contributed by atoms with E-state index in [0.29, 0.717) is 51.7 Å². The number of rotatable bonds is 38. The fourth-order valence-electron chi connectivity index (χ4n) is 6.01. The molecule has 0 atom stereocenters. The number of terminal acetylenes is 4. The van der Waals surface area contributed by atoms with Crippen LogP contribution in [-0.4, -0.2) is 105 Å². The predicted molar refractivity (Wildman–Crippen MR) is 264 cm³/mol. The predicted octanol–water partition coefficient (Wildman–Crippen LogP) is 9.77. The Hall–Kier alpha value is -4.05. The molecule has 2 amide bonds. The molecule has 344 valence electrons. The van der Waals surface area contributed by atoms with Crippen molar-refractivity contribution >= 4 is 17.6 Å². The van der Waals surface area contributed by atoms with E-state index in [0.717, 1.165) is 142 Å². The van der Waals surface area contributed by atoms with Crippen molar-refractivity contribution in [3.8, 4) is 49.4 Å². The van der Waals surface area contributed by atoms with Crippen molar-refractivity contribution < 1.29 is 14.4 Å². The first-order valence-electron chi connectivity index (χ1n) is 23.3. The van der Waals surface area contributed by atoms with Crippen LogP contribution in [0.5, 0.6) is 0 Å². The summed E-state index contributed by atoms with van der Waals surface area (Å²) in [7, 11) is 2.08. The molecule has 0 heterocycles. The van der Waals surface area contributed by atoms with E-state index in [2.05, 4.69) is 96.6 Å². The first-order chi connectivity index (χ1) is 29.4. The molecule has 8 nitrogen and oxygen atoms in total. The van der Waals surface area contributed by atoms with Gasteiger partial charge < -0.3 is 25.3 Å². The number of hydrogen-bond acceptors (Lipinski definition) is 6. The molecule has 0 spiro atoms. The van der Waals surface area contributed by atoms with E-state index in [1.807, 2.05) is 6.08 Å². The number of unbranched alkanes of at least 4 members (excludes halogenated alkanes) is 6. The molecule has 61 heavy (non-hydrogen) atoms. The summed E-state index contributed by atoms with van der Waals surface area (Å²) in [6, 6.07) is 0. The highest BCUT2D eigenvalue weighted by atomic mass is 16.2. The lowest BCUT2D eigenvalue weighted by molar-refractivity contribution is -0.122. The maximum absolute atomic E-state index is 12.5. The summed E-state index contributed by atoms with van der Waals surface area (Å²) in [6.07, 6.45) is 41.3. The zero-order valence-electron chi connectivity index (χ0n) is 39.7. The lowest BCUT2D eigenvalue weighted by Crippen LogP contribution is -2.32. The Labute approximate surface area is 377 Å². The minimum absolute atomic E-state index is 0.0676. The van der Waals surface area contributed by atoms with Crippen molar-refractivity contribution in [3.05, 3.63) is 37.0 Å². The Bertz CT molecular complexity index is 1270. The van der Waals surface area contributed by atoms with Crippen molar-refractivity contribution in [2.24, 2.45) is 0 Å². The molecule has 0 saturated carbocycles. The van der Waals surface area contributed by atoms with Crippen LogP contribution in [0.4, 0.5) is 0 Å². The first kappa shape index (κ1) is 61.3. The van der Waals surface area contributed by atoms with Gasteiger partial charge >= 0.3 is 0 Å². The highest BCUT2D eigenvalue weighted by molar-refractivity contribution is 5.78. The molecular weight excluding hydrogens is 755 g/mol. The number of nitrogens with zero attached hydrogens (tertiary/aromatic N) is 3. The molecule has 0 aromatic rings. The second kappa shape index (κ2) is 48.6. The summed E-state index contributed by atoms with van der Waals surface area (Å²) in [5.41, 5.74) is 2.38. The van der Waals surface area contributed by atoms with Gasteiger partial charge in [-0.1, -0.05) is 44.1 Å². The van der Waals surface area contributed by atoms with Crippen LogP contribution < -0.4 is 10.6 Å². The van der Waals surface area contributed by atoms with Gasteiger partial charge in [0.2, 0.25) is 11.8 Å². The molecule has 0 aromatic heterocycles. The van der Waals surface area contributed by atoms with E-state index in [4.69, 9.17) is 25.7 Å². The van der Waals surface area contributed by atoms with Gasteiger partial charge in [-0.05, 0) is 130 Å². The minimum Gasteiger partial charge on any atom is -0.356 e. The largest absolute Gasteiger partial charge is 0.356 e. The quantitative estimate of drug-likeness (QED) is 0.0366. The topological polar surface area (TPSA) is 85.0 Å². The molecular formula is C53H89N5O3. The lowest BCUT2D eigenvalue weighted by atomic mass is 10.1. The summed E-state index contributed by atoms with van der Waals surface area (Å²) in [4.78, 5) is 44.0. The zero-order chi connectivity index (χ0) is 46.2. The molecule has 0 aliphatic carbocycles. The van der Waals surface area contributed by atoms with Gasteiger partial charge in [-0.25, -0.2) is 0 Å². The molecule has 8 heteroatoms. The summed E-state index contributed by atoms with van der Waals surface area (Å²) in [5, 5.41) is 6.11. The molecule has 0 fully saturated rings. The number of carbonyl (C=O) groups is 3. The summed E-state index contributed by atoms with van der Waals surface area (Å²) in [6.45, 7) is 26.6. The van der Waals surface area contributed by atoms with Gasteiger partial charge in [0, 0.05) is 84.1 Å². The first-order valence-corrected chi connectivity index (χ1v) is 23.3. The van der Waals surface area contributed by atoms with Gasteiger partial charge in [0.1, 0.15) is 5.78 Å². The lowest BCUT2D eigenvalue weighted by Gasteiger charge is -2.22. The smallest absolute Gasteiger partial charge is 0.220 e. The average Bonchev–Trinajstić information content (AvgIpc) is 3.23. The number of hydrogen-bond donors (Lipinski definition) is 2. The second-order valence-electron chi connectivity index (χ2n) is 15.9. The van der Waals surface area contributed by atoms with Gasteiger partial charge in [0.25, 0.3) is 0 Å². The number of nitrogens with one attached hydrogen (secondary N) is 2. The highest BCUT2D eigenvalue weighted by Gasteiger charge is 2.11. The summed E-state index contributed by atoms with van der Waals surface area (Å²) in [5.74, 6) is 10.8. The zero-order valence-corrected chi connectivity index (χ0v) is 39.7. The SMILES string of the molecule is C#CCCCC.C#CCCCC(=C)CCN(CCCC(=O)NCCCN(C)CCCNC(=O)CCCN(CCC)CCC(=C)C)CCC(=O)CCCC#C.C#CCCCC=C. The van der Waals surface area contributed by atoms with Gasteiger partial charge in [-0.3, -0.25) is 14.4 Å². The Morgan fingerprint density at radius 2 is 1.02 bits per heavy atom. The van der Waals surface area contributed by atoms with Crippen LogP contribution in [0, 0.1) is 49.4 Å². The Morgan fingerprint density at radius 1 is 0.541 bits per heavy atom. The third kappa shape index (κ3) is 50.2. The van der Waals surface area contributed by atoms with Gasteiger partial charge in [-0.15, -0.1) is 62.5 Å². The van der Waals surface area contributed by atoms with E-state index in [-0.39, 0.29) is 17.6 Å². The maximum atomic E-state index is 12.5. The van der Waals surface area contributed by atoms with Gasteiger partial charge in [0.05, 0.1) is 0 Å². The van der Waals surface area contributed by atoms with Crippen LogP contribution in [0.2, 0.25) is 0 Å². The van der Waals surface area contributed by atoms with Crippen molar-refractivity contribution in [1.82, 2.24) is 25.3 Å². The van der Waals surface area contributed by atoms with E-state index in [1.54, 1.807) is 0 Å². The van der Waals surface area contributed by atoms with E-state index in [9.17, 15) is 14.4 Å². The number of amides is 2. The van der Waals surface area contributed by atoms with Crippen LogP contribution in [0.25, 0.3) is 0 Å². The fraction of sp³-hybridized carbons (Fsp3) is 0.679. The normalized spacial score (nSPS) is 10.2.